The van der Waals surface area contributed by atoms with Gasteiger partial charge < -0.3 is 10.1 Å². The molecule has 0 unspecified atom stereocenters. The SMILES string of the molecule is CCC(=O)c1cc2nccc(Nc3ccc(CC(=O)Cc4cn[nH]c4)cc3F)c2cc1OC. The van der Waals surface area contributed by atoms with Crippen molar-refractivity contribution in [2.24, 2.45) is 0 Å². The summed E-state index contributed by atoms with van der Waals surface area (Å²) < 4.78 is 20.3. The first-order valence-corrected chi connectivity index (χ1v) is 10.5. The molecule has 0 aliphatic carbocycles. The van der Waals surface area contributed by atoms with Crippen LogP contribution in [0.2, 0.25) is 0 Å². The number of nitrogens with one attached hydrogen (secondary N) is 2. The van der Waals surface area contributed by atoms with Crippen LogP contribution in [0, 0.1) is 5.82 Å². The normalized spacial score (nSPS) is 10.9. The highest BCUT2D eigenvalue weighted by Crippen LogP contribution is 2.32. The van der Waals surface area contributed by atoms with Crippen molar-refractivity contribution in [2.45, 2.75) is 26.2 Å². The van der Waals surface area contributed by atoms with Gasteiger partial charge in [0.2, 0.25) is 0 Å². The number of ether oxygens (including phenoxy) is 1. The van der Waals surface area contributed by atoms with E-state index in [1.54, 1.807) is 55.8 Å². The van der Waals surface area contributed by atoms with Crippen LogP contribution < -0.4 is 10.1 Å². The monoisotopic (exact) mass is 446 g/mol. The van der Waals surface area contributed by atoms with Crippen molar-refractivity contribution in [1.29, 1.82) is 0 Å². The molecule has 2 aromatic heterocycles. The molecule has 33 heavy (non-hydrogen) atoms. The highest BCUT2D eigenvalue weighted by atomic mass is 19.1. The number of ketones is 2. The van der Waals surface area contributed by atoms with E-state index < -0.39 is 5.82 Å². The van der Waals surface area contributed by atoms with Crippen molar-refractivity contribution in [1.82, 2.24) is 15.2 Å². The molecule has 0 bridgehead atoms. The largest absolute Gasteiger partial charge is 0.496 e. The third-order valence-corrected chi connectivity index (χ3v) is 5.34. The Balaban J connectivity index is 1.57. The molecule has 7 nitrogen and oxygen atoms in total. The molecule has 2 heterocycles. The summed E-state index contributed by atoms with van der Waals surface area (Å²) >= 11 is 0. The Kier molecular flexibility index (Phi) is 6.44. The van der Waals surface area contributed by atoms with E-state index in [1.165, 1.54) is 13.2 Å². The molecule has 0 atom stereocenters. The van der Waals surface area contributed by atoms with Crippen LogP contribution in [-0.2, 0) is 17.6 Å². The minimum absolute atomic E-state index is 0.0267. The van der Waals surface area contributed by atoms with Crippen molar-refractivity contribution < 1.29 is 18.7 Å². The maximum absolute atomic E-state index is 14.9. The summed E-state index contributed by atoms with van der Waals surface area (Å²) in [5, 5.41) is 10.3. The van der Waals surface area contributed by atoms with Crippen LogP contribution in [0.4, 0.5) is 15.8 Å². The summed E-state index contributed by atoms with van der Waals surface area (Å²) in [5.74, 6) is -0.102. The second-order valence-electron chi connectivity index (χ2n) is 7.64. The zero-order chi connectivity index (χ0) is 23.4. The topological polar surface area (TPSA) is 97.0 Å². The molecule has 4 rings (SSSR count). The number of aromatic nitrogens is 3. The van der Waals surface area contributed by atoms with Crippen LogP contribution in [-0.4, -0.2) is 33.9 Å². The number of fused-ring (bicyclic) bond motifs is 1. The molecule has 2 N–H and O–H groups in total. The zero-order valence-corrected chi connectivity index (χ0v) is 18.3. The third-order valence-electron chi connectivity index (χ3n) is 5.34. The minimum Gasteiger partial charge on any atom is -0.496 e. The number of hydrogen-bond acceptors (Lipinski definition) is 6. The molecule has 0 saturated carbocycles. The molecule has 0 amide bonds. The van der Waals surface area contributed by atoms with Crippen LogP contribution in [0.1, 0.15) is 34.8 Å². The van der Waals surface area contributed by atoms with Crippen molar-refractivity contribution >= 4 is 33.8 Å². The van der Waals surface area contributed by atoms with E-state index in [-0.39, 0.29) is 30.1 Å². The molecule has 168 valence electrons. The number of H-pyrrole nitrogens is 1. The molecule has 8 heteroatoms. The lowest BCUT2D eigenvalue weighted by Gasteiger charge is -2.14. The fraction of sp³-hybridized carbons (Fsp3) is 0.200. The summed E-state index contributed by atoms with van der Waals surface area (Å²) in [6.07, 6.45) is 5.58. The van der Waals surface area contributed by atoms with E-state index in [0.717, 1.165) is 5.56 Å². The van der Waals surface area contributed by atoms with Crippen molar-refractivity contribution in [3.05, 3.63) is 77.5 Å². The van der Waals surface area contributed by atoms with Crippen LogP contribution in [0.3, 0.4) is 0 Å². The van der Waals surface area contributed by atoms with Crippen LogP contribution >= 0.6 is 0 Å². The average molecular weight is 446 g/mol. The summed E-state index contributed by atoms with van der Waals surface area (Å²) in [5.41, 5.74) is 3.34. The minimum atomic E-state index is -0.474. The number of Topliss-reactive ketones (excluding diaryl/α,β-unsaturated/α-hetero) is 2. The summed E-state index contributed by atoms with van der Waals surface area (Å²) in [7, 11) is 1.50. The zero-order valence-electron chi connectivity index (χ0n) is 18.3. The number of rotatable bonds is 9. The van der Waals surface area contributed by atoms with Crippen LogP contribution in [0.25, 0.3) is 10.9 Å². The lowest BCUT2D eigenvalue weighted by atomic mass is 10.0. The van der Waals surface area contributed by atoms with E-state index >= 15 is 0 Å². The first kappa shape index (κ1) is 22.1. The van der Waals surface area contributed by atoms with Gasteiger partial charge in [-0.15, -0.1) is 0 Å². The van der Waals surface area contributed by atoms with Gasteiger partial charge in [-0.05, 0) is 41.5 Å². The Morgan fingerprint density at radius 2 is 1.91 bits per heavy atom. The number of methoxy groups -OCH3 is 1. The van der Waals surface area contributed by atoms with Crippen molar-refractivity contribution in [3.8, 4) is 5.75 Å². The smallest absolute Gasteiger partial charge is 0.166 e. The van der Waals surface area contributed by atoms with E-state index in [1.807, 2.05) is 0 Å². The fourth-order valence-corrected chi connectivity index (χ4v) is 3.67. The van der Waals surface area contributed by atoms with Gasteiger partial charge in [0.15, 0.2) is 5.78 Å². The number of benzene rings is 2. The lowest BCUT2D eigenvalue weighted by molar-refractivity contribution is -0.117. The fourth-order valence-electron chi connectivity index (χ4n) is 3.67. The van der Waals surface area contributed by atoms with Crippen molar-refractivity contribution in [3.63, 3.8) is 0 Å². The Morgan fingerprint density at radius 3 is 2.61 bits per heavy atom. The Morgan fingerprint density at radius 1 is 1.09 bits per heavy atom. The first-order valence-electron chi connectivity index (χ1n) is 10.5. The van der Waals surface area contributed by atoms with Gasteiger partial charge in [-0.2, -0.15) is 5.10 Å². The second-order valence-corrected chi connectivity index (χ2v) is 7.64. The number of nitrogens with zero attached hydrogens (tertiary/aromatic N) is 2. The van der Waals surface area contributed by atoms with E-state index in [9.17, 15) is 14.0 Å². The number of pyridine rings is 1. The number of carbonyl (C=O) groups excluding carboxylic acids is 2. The molecule has 0 spiro atoms. The molecule has 0 aliphatic heterocycles. The first-order chi connectivity index (χ1) is 16.0. The number of hydrogen-bond donors (Lipinski definition) is 2. The van der Waals surface area contributed by atoms with E-state index in [2.05, 4.69) is 20.5 Å². The molecule has 0 radical (unpaired) electrons. The van der Waals surface area contributed by atoms with E-state index in [0.29, 0.717) is 39.9 Å². The van der Waals surface area contributed by atoms with E-state index in [4.69, 9.17) is 4.74 Å². The second kappa shape index (κ2) is 9.60. The average Bonchev–Trinajstić information content (AvgIpc) is 3.32. The predicted octanol–water partition coefficient (Wildman–Crippen LogP) is 4.80. The Bertz CT molecular complexity index is 1320. The predicted molar refractivity (Wildman–Crippen MR) is 124 cm³/mol. The van der Waals surface area contributed by atoms with Gasteiger partial charge >= 0.3 is 0 Å². The molecular formula is C25H23FN4O3. The molecule has 0 aliphatic rings. The van der Waals surface area contributed by atoms with Gasteiger partial charge in [0.05, 0.1) is 30.1 Å². The Hall–Kier alpha value is -4.07. The maximum atomic E-state index is 14.9. The molecule has 2 aromatic carbocycles. The van der Waals surface area contributed by atoms with Gasteiger partial charge in [-0.3, -0.25) is 19.7 Å². The van der Waals surface area contributed by atoms with Crippen LogP contribution in [0.15, 0.2) is 55.0 Å². The maximum Gasteiger partial charge on any atom is 0.166 e. The highest BCUT2D eigenvalue weighted by molar-refractivity contribution is 6.04. The summed E-state index contributed by atoms with van der Waals surface area (Å²) in [6, 6.07) is 9.84. The van der Waals surface area contributed by atoms with Gasteiger partial charge in [0.25, 0.3) is 0 Å². The number of carbonyl (C=O) groups is 2. The van der Waals surface area contributed by atoms with Gasteiger partial charge in [0, 0.05) is 42.7 Å². The van der Waals surface area contributed by atoms with Crippen LogP contribution in [0.5, 0.6) is 5.75 Å². The van der Waals surface area contributed by atoms with Crippen molar-refractivity contribution in [2.75, 3.05) is 12.4 Å². The standard InChI is InChI=1S/C25H23FN4O3/c1-3-24(32)19-11-23-18(12-25(19)33-2)21(6-7-27-23)30-22-5-4-15(10-20(22)26)8-17(31)9-16-13-28-29-14-16/h4-7,10-14H,3,8-9H2,1-2H3,(H,27,30)(H,28,29). The number of halogens is 1. The van der Waals surface area contributed by atoms with Gasteiger partial charge in [-0.25, -0.2) is 4.39 Å². The molecule has 0 saturated heterocycles. The highest BCUT2D eigenvalue weighted by Gasteiger charge is 2.15. The lowest BCUT2D eigenvalue weighted by Crippen LogP contribution is -2.07. The quantitative estimate of drug-likeness (QED) is 0.359. The molecular weight excluding hydrogens is 423 g/mol. The van der Waals surface area contributed by atoms with Gasteiger partial charge in [0.1, 0.15) is 17.3 Å². The molecule has 4 aromatic rings. The number of aromatic amines is 1. The Labute approximate surface area is 190 Å². The number of anilines is 2. The molecule has 0 fully saturated rings. The third kappa shape index (κ3) is 4.90. The van der Waals surface area contributed by atoms with Gasteiger partial charge in [-0.1, -0.05) is 13.0 Å². The summed E-state index contributed by atoms with van der Waals surface area (Å²) in [4.78, 5) is 28.9. The summed E-state index contributed by atoms with van der Waals surface area (Å²) in [6.45, 7) is 1.79.